The first kappa shape index (κ1) is 20.8. The van der Waals surface area contributed by atoms with Gasteiger partial charge < -0.3 is 5.32 Å². The molecule has 0 fully saturated rings. The molecule has 0 saturated carbocycles. The molecular formula is C27H28N2O2S. The Bertz CT molecular complexity index is 1330. The summed E-state index contributed by atoms with van der Waals surface area (Å²) in [7, 11) is -3.69. The standard InChI is InChI=1S/C27H28N2O2S/c1-17-6-4-7-20(14-17)27-23-9-5-8-22(23)24-16-21(12-13-25(24)28-27)32(30,31)29-26-15-18(2)10-11-19(26)3/h4-8,10-16,22-23,27-29H,9H2,1-3H3/t22-,23-,27-/m0/s1. The normalized spacial score (nSPS) is 21.5. The predicted octanol–water partition coefficient (Wildman–Crippen LogP) is 6.24. The highest BCUT2D eigenvalue weighted by Gasteiger charge is 2.38. The minimum absolute atomic E-state index is 0.201. The Morgan fingerprint density at radius 2 is 1.75 bits per heavy atom. The maximum atomic E-state index is 13.2. The van der Waals surface area contributed by atoms with Crippen LogP contribution in [0.2, 0.25) is 0 Å². The molecule has 0 amide bonds. The van der Waals surface area contributed by atoms with E-state index in [0.717, 1.165) is 28.8 Å². The number of allylic oxidation sites excluding steroid dienone is 2. The third-order valence-corrected chi connectivity index (χ3v) is 8.05. The van der Waals surface area contributed by atoms with Gasteiger partial charge in [-0.3, -0.25) is 4.72 Å². The highest BCUT2D eigenvalue weighted by Crippen LogP contribution is 2.50. The quantitative estimate of drug-likeness (QED) is 0.468. The van der Waals surface area contributed by atoms with Crippen LogP contribution in [-0.4, -0.2) is 8.42 Å². The van der Waals surface area contributed by atoms with Gasteiger partial charge in [0.05, 0.1) is 16.6 Å². The van der Waals surface area contributed by atoms with Gasteiger partial charge >= 0.3 is 0 Å². The molecular weight excluding hydrogens is 416 g/mol. The van der Waals surface area contributed by atoms with Crippen molar-refractivity contribution in [3.8, 4) is 0 Å². The largest absolute Gasteiger partial charge is 0.378 e. The van der Waals surface area contributed by atoms with Crippen molar-refractivity contribution in [3.63, 3.8) is 0 Å². The van der Waals surface area contributed by atoms with Crippen molar-refractivity contribution in [2.24, 2.45) is 5.92 Å². The van der Waals surface area contributed by atoms with Crippen LogP contribution in [0, 0.1) is 26.7 Å². The monoisotopic (exact) mass is 444 g/mol. The molecule has 164 valence electrons. The topological polar surface area (TPSA) is 58.2 Å². The lowest BCUT2D eigenvalue weighted by molar-refractivity contribution is 0.425. The summed E-state index contributed by atoms with van der Waals surface area (Å²) in [6.07, 6.45) is 5.44. The number of fused-ring (bicyclic) bond motifs is 3. The fourth-order valence-electron chi connectivity index (χ4n) is 4.98. The van der Waals surface area contributed by atoms with Crippen LogP contribution in [0.15, 0.2) is 77.7 Å². The first-order valence-corrected chi connectivity index (χ1v) is 12.5. The summed E-state index contributed by atoms with van der Waals surface area (Å²) >= 11 is 0. The lowest BCUT2D eigenvalue weighted by atomic mass is 9.77. The van der Waals surface area contributed by atoms with Crippen LogP contribution >= 0.6 is 0 Å². The molecule has 0 radical (unpaired) electrons. The molecule has 5 heteroatoms. The molecule has 2 aliphatic rings. The molecule has 4 nitrogen and oxygen atoms in total. The van der Waals surface area contributed by atoms with Gasteiger partial charge in [0.2, 0.25) is 0 Å². The van der Waals surface area contributed by atoms with E-state index in [0.29, 0.717) is 16.5 Å². The summed E-state index contributed by atoms with van der Waals surface area (Å²) in [5.74, 6) is 0.571. The van der Waals surface area contributed by atoms with Crippen LogP contribution in [0.25, 0.3) is 0 Å². The lowest BCUT2D eigenvalue weighted by Crippen LogP contribution is -2.29. The van der Waals surface area contributed by atoms with Crippen LogP contribution in [-0.2, 0) is 10.0 Å². The SMILES string of the molecule is Cc1cccc([C@@H]2Nc3ccc(S(=O)(=O)Nc4cc(C)ccc4C)cc3[C@H]3C=CC[C@@H]32)c1. The summed E-state index contributed by atoms with van der Waals surface area (Å²) in [6, 6.07) is 20.1. The minimum atomic E-state index is -3.69. The zero-order chi connectivity index (χ0) is 22.5. The molecule has 0 bridgehead atoms. The average molecular weight is 445 g/mol. The van der Waals surface area contributed by atoms with Gasteiger partial charge in [0.25, 0.3) is 10.0 Å². The summed E-state index contributed by atoms with van der Waals surface area (Å²) < 4.78 is 29.2. The highest BCUT2D eigenvalue weighted by molar-refractivity contribution is 7.92. The van der Waals surface area contributed by atoms with Crippen LogP contribution < -0.4 is 10.0 Å². The Hall–Kier alpha value is -3.05. The number of rotatable bonds is 4. The smallest absolute Gasteiger partial charge is 0.261 e. The third kappa shape index (κ3) is 3.71. The highest BCUT2D eigenvalue weighted by atomic mass is 32.2. The van der Waals surface area contributed by atoms with Crippen molar-refractivity contribution in [2.75, 3.05) is 10.0 Å². The second-order valence-corrected chi connectivity index (χ2v) is 10.7. The zero-order valence-electron chi connectivity index (χ0n) is 18.6. The fraction of sp³-hybridized carbons (Fsp3) is 0.259. The molecule has 3 aromatic carbocycles. The Labute approximate surface area is 190 Å². The number of benzene rings is 3. The van der Waals surface area contributed by atoms with Crippen LogP contribution in [0.1, 0.15) is 46.2 Å². The van der Waals surface area contributed by atoms with Crippen molar-refractivity contribution in [2.45, 2.75) is 44.0 Å². The molecule has 1 aliphatic heterocycles. The Morgan fingerprint density at radius 3 is 2.56 bits per heavy atom. The Kier molecular flexibility index (Phi) is 5.09. The summed E-state index contributed by atoms with van der Waals surface area (Å²) in [5, 5.41) is 3.70. The van der Waals surface area contributed by atoms with E-state index in [1.807, 2.05) is 44.2 Å². The van der Waals surface area contributed by atoms with Gasteiger partial charge in [-0.15, -0.1) is 0 Å². The summed E-state index contributed by atoms with van der Waals surface area (Å²) in [6.45, 7) is 5.98. The molecule has 0 saturated heterocycles. The minimum Gasteiger partial charge on any atom is -0.378 e. The first-order chi connectivity index (χ1) is 15.3. The molecule has 1 aliphatic carbocycles. The van der Waals surface area contributed by atoms with E-state index in [-0.39, 0.29) is 12.0 Å². The van der Waals surface area contributed by atoms with Crippen LogP contribution in [0.5, 0.6) is 0 Å². The molecule has 1 heterocycles. The average Bonchev–Trinajstić information content (AvgIpc) is 3.25. The first-order valence-electron chi connectivity index (χ1n) is 11.1. The summed E-state index contributed by atoms with van der Waals surface area (Å²) in [4.78, 5) is 0.298. The number of anilines is 2. The molecule has 5 rings (SSSR count). The number of nitrogens with one attached hydrogen (secondary N) is 2. The molecule has 2 N–H and O–H groups in total. The number of aryl methyl sites for hydroxylation is 3. The number of hydrogen-bond acceptors (Lipinski definition) is 3. The number of hydrogen-bond donors (Lipinski definition) is 2. The van der Waals surface area contributed by atoms with Gasteiger partial charge in [0, 0.05) is 11.6 Å². The fourth-order valence-corrected chi connectivity index (χ4v) is 6.14. The van der Waals surface area contributed by atoms with E-state index >= 15 is 0 Å². The van der Waals surface area contributed by atoms with Gasteiger partial charge in [-0.1, -0.05) is 54.1 Å². The predicted molar refractivity (Wildman–Crippen MR) is 131 cm³/mol. The van der Waals surface area contributed by atoms with Crippen molar-refractivity contribution in [1.29, 1.82) is 0 Å². The van der Waals surface area contributed by atoms with Gasteiger partial charge in [-0.2, -0.15) is 0 Å². The second-order valence-electron chi connectivity index (χ2n) is 9.06. The number of sulfonamides is 1. The van der Waals surface area contributed by atoms with Crippen LogP contribution in [0.3, 0.4) is 0 Å². The van der Waals surface area contributed by atoms with Gasteiger partial charge in [-0.05, 0) is 79.6 Å². The molecule has 0 aromatic heterocycles. The van der Waals surface area contributed by atoms with Gasteiger partial charge in [-0.25, -0.2) is 8.42 Å². The molecule has 0 spiro atoms. The van der Waals surface area contributed by atoms with Crippen molar-refractivity contribution in [3.05, 3.63) is 101 Å². The molecule has 32 heavy (non-hydrogen) atoms. The Morgan fingerprint density at radius 1 is 0.938 bits per heavy atom. The lowest BCUT2D eigenvalue weighted by Gasteiger charge is -2.37. The molecule has 0 unspecified atom stereocenters. The van der Waals surface area contributed by atoms with E-state index in [1.165, 1.54) is 11.1 Å². The van der Waals surface area contributed by atoms with E-state index in [2.05, 4.69) is 53.4 Å². The van der Waals surface area contributed by atoms with E-state index in [4.69, 9.17) is 0 Å². The maximum Gasteiger partial charge on any atom is 0.261 e. The summed E-state index contributed by atoms with van der Waals surface area (Å²) in [5.41, 5.74) is 7.13. The zero-order valence-corrected chi connectivity index (χ0v) is 19.4. The van der Waals surface area contributed by atoms with Crippen molar-refractivity contribution in [1.82, 2.24) is 0 Å². The van der Waals surface area contributed by atoms with Crippen LogP contribution in [0.4, 0.5) is 11.4 Å². The Balaban J connectivity index is 1.50. The third-order valence-electron chi connectivity index (χ3n) is 6.68. The molecule has 3 atom stereocenters. The van der Waals surface area contributed by atoms with Crippen molar-refractivity contribution >= 4 is 21.4 Å². The van der Waals surface area contributed by atoms with E-state index in [1.54, 1.807) is 6.07 Å². The maximum absolute atomic E-state index is 13.2. The second kappa shape index (κ2) is 7.82. The van der Waals surface area contributed by atoms with Crippen molar-refractivity contribution < 1.29 is 8.42 Å². The molecule has 3 aromatic rings. The van der Waals surface area contributed by atoms with E-state index < -0.39 is 10.0 Å². The van der Waals surface area contributed by atoms with Gasteiger partial charge in [0.15, 0.2) is 0 Å². The van der Waals surface area contributed by atoms with E-state index in [9.17, 15) is 8.42 Å². The van der Waals surface area contributed by atoms with Gasteiger partial charge in [0.1, 0.15) is 0 Å².